The van der Waals surface area contributed by atoms with Crippen molar-refractivity contribution < 1.29 is 4.42 Å². The van der Waals surface area contributed by atoms with Crippen LogP contribution in [-0.2, 0) is 0 Å². The first-order chi connectivity index (χ1) is 58.3. The third kappa shape index (κ3) is 30.8. The highest BCUT2D eigenvalue weighted by Crippen LogP contribution is 2.37. The van der Waals surface area contributed by atoms with Crippen LogP contribution in [0.15, 0.2) is 93.9 Å². The van der Waals surface area contributed by atoms with E-state index in [0.717, 1.165) is 48.8 Å². The summed E-state index contributed by atoms with van der Waals surface area (Å²) in [6.07, 6.45) is -91.4. The highest BCUT2D eigenvalue weighted by atomic mass is 79.9. The van der Waals surface area contributed by atoms with E-state index in [-0.39, 0.29) is 0 Å². The van der Waals surface area contributed by atoms with Crippen molar-refractivity contribution in [2.45, 2.75) is 0 Å². The monoisotopic (exact) mass is 1500 g/mol. The number of furan rings is 1. The van der Waals surface area contributed by atoms with Gasteiger partial charge < -0.3 is 4.42 Å². The molecule has 102 radical (unpaired) electrons. The molecule has 0 amide bonds. The van der Waals surface area contributed by atoms with Gasteiger partial charge in [-0.1, -0.05) is 70.5 Å². The number of benzene rings is 3. The number of hydrogen-bond acceptors (Lipinski definition) is 2. The molecule has 5 aromatic rings. The van der Waals surface area contributed by atoms with Crippen molar-refractivity contribution in [2.75, 3.05) is 0 Å². The predicted octanol–water partition coefficient (Wildman–Crippen LogP) is -31.0. The van der Waals surface area contributed by atoms with Crippen molar-refractivity contribution in [3.63, 3.8) is 0 Å². The Morgan fingerprint density at radius 1 is 0.190 bits per heavy atom. The van der Waals surface area contributed by atoms with Crippen molar-refractivity contribution in [1.29, 1.82) is 0 Å². The van der Waals surface area contributed by atoms with Gasteiger partial charge in [0.05, 0.1) is 5.69 Å². The van der Waals surface area contributed by atoms with Gasteiger partial charge in [-0.2, -0.15) is 0 Å². The molecule has 0 aliphatic rings. The lowest BCUT2D eigenvalue weighted by atomic mass is 8.18. The number of hydrogen-bond donors (Lipinski definition) is 0. The maximum Gasteiger partial charge on any atom is 0.144 e. The molecule has 0 saturated carbocycles. The van der Waals surface area contributed by atoms with E-state index in [1.54, 1.807) is 0 Å². The SMILES string of the molecule is Brc1ccccc1-c1ccc(-c2cccc3c2oc2ccccc23)nc1.[B]B([B])B([B])B(B(B([B])[B])B([B])[B])B(B(B([B])[B])B([B])[B])B(B(B(B([B])[B])B([B])[B])B(B([B])[B])B([B])[B])B(B(B(B(B([B])[B])B([B])[B])B(B([B])[B])B([B])[B])B(B(B([B])[B])B([B])[B])B(B([B])[B])B([B])[B])B(B(B(B([B])[B])B([B])[B])B(B([B])[B])B([B])[B])B(B(B([B])[B])B([B])[B])B(B([B])[B])B([B])[B]. The zero-order valence-electron chi connectivity index (χ0n) is 71.6. The molecule has 0 aliphatic heterocycles. The van der Waals surface area contributed by atoms with Crippen molar-refractivity contribution in [1.82, 2.24) is 4.98 Å². The summed E-state index contributed by atoms with van der Waals surface area (Å²) in [6.45, 7) is 0. The molecule has 0 bridgehead atoms. The Balaban J connectivity index is 0.00000106. The molecule has 103 heteroatoms. The number of halogens is 1. The van der Waals surface area contributed by atoms with E-state index < -0.39 is 313 Å². The molecule has 5 rings (SSSR count). The Morgan fingerprint density at radius 2 is 0.397 bits per heavy atom. The second kappa shape index (κ2) is 55.9. The first-order valence-electron chi connectivity index (χ1n) is 41.4. The zero-order chi connectivity index (χ0) is 96.8. The van der Waals surface area contributed by atoms with E-state index >= 15 is 0 Å². The molecule has 424 valence electrons. The minimum absolute atomic E-state index is 0.884. The Morgan fingerprint density at radius 3 is 0.627 bits per heavy atom. The predicted molar refractivity (Wildman–Crippen MR) is 685 cm³/mol. The van der Waals surface area contributed by atoms with Crippen molar-refractivity contribution in [3.05, 3.63) is 89.5 Å². The fourth-order valence-electron chi connectivity index (χ4n) is 21.3. The van der Waals surface area contributed by atoms with Gasteiger partial charge in [-0.05, 0) is 29.8 Å². The molecule has 0 N–H and O–H groups in total. The second-order valence-corrected chi connectivity index (χ2v) is 35.3. The van der Waals surface area contributed by atoms with Crippen LogP contribution in [0.3, 0.4) is 0 Å². The zero-order valence-corrected chi connectivity index (χ0v) is 73.1. The first-order valence-corrected chi connectivity index (χ1v) is 42.2. The van der Waals surface area contributed by atoms with Gasteiger partial charge in [0.1, 0.15) is 11.2 Å². The topological polar surface area (TPSA) is 26.0 Å². The molecule has 3 aromatic carbocycles. The van der Waals surface area contributed by atoms with E-state index in [1.807, 2.05) is 42.6 Å². The van der Waals surface area contributed by atoms with Crippen LogP contribution in [0.4, 0.5) is 0 Å². The quantitative estimate of drug-likeness (QED) is 0.0363. The van der Waals surface area contributed by atoms with Crippen LogP contribution in [0.2, 0.25) is 0 Å². The summed E-state index contributed by atoms with van der Waals surface area (Å²) >= 11 is 3.61. The van der Waals surface area contributed by atoms with Crippen molar-refractivity contribution in [3.8, 4) is 22.4 Å². The maximum absolute atomic E-state index is 7.56. The molecular weight excluding hydrogens is 1470 g/mol. The molecule has 0 unspecified atom stereocenters. The van der Waals surface area contributed by atoms with Crippen LogP contribution in [0.25, 0.3) is 44.3 Å². The van der Waals surface area contributed by atoms with Gasteiger partial charge in [0.25, 0.3) is 0 Å². The maximum atomic E-state index is 7.56. The van der Waals surface area contributed by atoms with Crippen LogP contribution in [0.5, 0.6) is 0 Å². The lowest BCUT2D eigenvalue weighted by molar-refractivity contribution is 0.670. The summed E-state index contributed by atoms with van der Waals surface area (Å²) in [6, 6.07) is 26.7. The molecule has 0 saturated heterocycles. The summed E-state index contributed by atoms with van der Waals surface area (Å²) in [7, 11) is 363. The molecule has 2 nitrogen and oxygen atoms in total. The van der Waals surface area contributed by atoms with Crippen molar-refractivity contribution in [2.24, 2.45) is 0 Å². The van der Waals surface area contributed by atoms with Gasteiger partial charge in [0, 0.05) is 740 Å². The average molecular weight is 1480 g/mol. The minimum atomic E-state index is -2.33. The third-order valence-corrected chi connectivity index (χ3v) is 26.7. The largest absolute Gasteiger partial charge is 0.455 e. The molecule has 0 aliphatic carbocycles. The van der Waals surface area contributed by atoms with E-state index in [9.17, 15) is 0 Å². The summed E-state index contributed by atoms with van der Waals surface area (Å²) in [4.78, 5) is 4.71. The third-order valence-electron chi connectivity index (χ3n) is 26.0. The minimum Gasteiger partial charge on any atom is -0.455 e. The summed E-state index contributed by atoms with van der Waals surface area (Å²) in [5.74, 6) is 0. The molecule has 126 heavy (non-hydrogen) atoms. The van der Waals surface area contributed by atoms with Gasteiger partial charge in [-0.25, -0.2) is 0 Å². The van der Waals surface area contributed by atoms with Crippen LogP contribution < -0.4 is 0 Å². The van der Waals surface area contributed by atoms with Crippen LogP contribution >= 0.6 is 15.9 Å². The second-order valence-electron chi connectivity index (χ2n) is 34.5. The molecule has 0 fully saturated rings. The molecule has 2 aromatic heterocycles. The number of pyridine rings is 1. The summed E-state index contributed by atoms with van der Waals surface area (Å²) in [5, 5.41) is 2.25. The lowest BCUT2D eigenvalue weighted by Crippen LogP contribution is -3.01. The average Bonchev–Trinajstić information content (AvgIpc) is 1.21. The number of nitrogens with zero attached hydrogens (tertiary/aromatic N) is 1. The van der Waals surface area contributed by atoms with Crippen LogP contribution in [0.1, 0.15) is 0 Å². The van der Waals surface area contributed by atoms with Crippen LogP contribution in [-0.4, -0.2) is 712 Å². The normalized spacial score (nSPS) is 10.1. The van der Waals surface area contributed by atoms with E-state index in [2.05, 4.69) is 58.4 Å². The number of para-hydroxylation sites is 2. The molecular formula is C23H14B100BrNO. The Bertz CT molecular complexity index is 3500. The van der Waals surface area contributed by atoms with Gasteiger partial charge >= 0.3 is 0 Å². The number of fused-ring (bicyclic) bond motifs is 3. The Hall–Kier alpha value is 3.58. The Labute approximate surface area is 857 Å². The fraction of sp³-hybridized carbons (Fsp3) is 0. The van der Waals surface area contributed by atoms with Gasteiger partial charge in [-0.15, -0.1) is 0 Å². The van der Waals surface area contributed by atoms with Gasteiger partial charge in [0.2, 0.25) is 0 Å². The van der Waals surface area contributed by atoms with E-state index in [4.69, 9.17) is 404 Å². The molecule has 2 heterocycles. The van der Waals surface area contributed by atoms with E-state index in [1.165, 1.54) is 0 Å². The number of rotatable bonds is 50. The highest BCUT2D eigenvalue weighted by molar-refractivity contribution is 9.10. The summed E-state index contributed by atoms with van der Waals surface area (Å²) < 4.78 is 7.19. The van der Waals surface area contributed by atoms with Crippen molar-refractivity contribution >= 4 is 745 Å². The lowest BCUT2D eigenvalue weighted by Gasteiger charge is -2.63. The first kappa shape index (κ1) is 122. The highest BCUT2D eigenvalue weighted by Gasteiger charge is 2.69. The van der Waals surface area contributed by atoms with Crippen LogP contribution in [0, 0.1) is 0 Å². The standard InChI is InChI=1S/C23H14BrNO.B100/c24-20-10-3-1-6-16(20)15-12-13-21(25-14-15)19-9-5-8-18-17-7-2-4-11-22(17)26-23(18)19;1-52(2)77(51)90(78(53(3)4)54(5)6)96(89(75(47)48)76(49)50)99(95(87(71(39)40)72(41)42)88(73(43)44)74(45)46)100(97(91(79(55(7)8)56(9)10)80(57(11)12)58(13)14)92(81(59(15)16)60(17)18)82(61(19)20)62(21)22)98(93(83(63(23)24)64(25)26)84(65(27)28)66(29)30)94(85(67(31)32)68(33)34)86(69(35)36)70(37)38/h1-14H;. The fourth-order valence-corrected chi connectivity index (χ4v) is 21.8. The summed E-state index contributed by atoms with van der Waals surface area (Å²) in [5.41, 5.74) is 5.92. The smallest absolute Gasteiger partial charge is 0.144 e. The van der Waals surface area contributed by atoms with Gasteiger partial charge in [0.15, 0.2) is 0 Å². The molecule has 0 atom stereocenters. The molecule has 0 spiro atoms. The Kier molecular flexibility index (Phi) is 54.0. The number of aromatic nitrogens is 1. The van der Waals surface area contributed by atoms with E-state index in [0.29, 0.717) is 0 Å². The van der Waals surface area contributed by atoms with Gasteiger partial charge in [-0.3, -0.25) is 4.98 Å².